The largest absolute Gasteiger partial charge is 0.406 e. The number of rotatable bonds is 4. The van der Waals surface area contributed by atoms with Crippen LogP contribution in [0, 0.1) is 5.41 Å². The van der Waals surface area contributed by atoms with Crippen molar-refractivity contribution in [2.45, 2.75) is 58.5 Å². The first-order valence-corrected chi connectivity index (χ1v) is 7.16. The Morgan fingerprint density at radius 3 is 2.53 bits per heavy atom. The van der Waals surface area contributed by atoms with E-state index in [1.807, 2.05) is 14.0 Å². The molecule has 1 N–H and O–H groups in total. The Labute approximate surface area is 115 Å². The van der Waals surface area contributed by atoms with Gasteiger partial charge in [0.05, 0.1) is 6.04 Å². The average molecular weight is 266 g/mol. The van der Waals surface area contributed by atoms with Crippen LogP contribution in [0.4, 0.5) is 6.01 Å². The Kier molecular flexibility index (Phi) is 4.13. The number of hydrogen-bond acceptors (Lipinski definition) is 5. The van der Waals surface area contributed by atoms with Gasteiger partial charge in [0.25, 0.3) is 0 Å². The molecular weight excluding hydrogens is 240 g/mol. The Morgan fingerprint density at radius 2 is 1.95 bits per heavy atom. The number of anilines is 1. The molecule has 1 aliphatic carbocycles. The maximum Gasteiger partial charge on any atom is 0.318 e. The highest BCUT2D eigenvalue weighted by Gasteiger charge is 2.30. The summed E-state index contributed by atoms with van der Waals surface area (Å²) >= 11 is 0. The summed E-state index contributed by atoms with van der Waals surface area (Å²) in [5.74, 6) is 0.653. The molecule has 5 heteroatoms. The summed E-state index contributed by atoms with van der Waals surface area (Å²) in [5, 5.41) is 11.4. The monoisotopic (exact) mass is 266 g/mol. The Hall–Kier alpha value is -1.10. The third-order valence-corrected chi connectivity index (χ3v) is 4.39. The van der Waals surface area contributed by atoms with E-state index in [0.717, 1.165) is 0 Å². The summed E-state index contributed by atoms with van der Waals surface area (Å²) in [6, 6.07) is 1.26. The molecule has 0 aromatic carbocycles. The van der Waals surface area contributed by atoms with Crippen molar-refractivity contribution in [1.82, 2.24) is 15.5 Å². The number of hydrogen-bond donors (Lipinski definition) is 1. The number of nitrogens with zero attached hydrogens (tertiary/aromatic N) is 3. The maximum absolute atomic E-state index is 5.74. The third kappa shape index (κ3) is 3.26. The first-order chi connectivity index (χ1) is 8.93. The minimum Gasteiger partial charge on any atom is -0.406 e. The average Bonchev–Trinajstić information content (AvgIpc) is 2.86. The van der Waals surface area contributed by atoms with E-state index in [4.69, 9.17) is 4.42 Å². The van der Waals surface area contributed by atoms with E-state index in [2.05, 4.69) is 41.3 Å². The summed E-state index contributed by atoms with van der Waals surface area (Å²) in [4.78, 5) is 2.15. The van der Waals surface area contributed by atoms with Gasteiger partial charge in [-0.3, -0.25) is 0 Å². The summed E-state index contributed by atoms with van der Waals surface area (Å²) in [5.41, 5.74) is 0.484. The highest BCUT2D eigenvalue weighted by atomic mass is 16.4. The molecule has 5 nitrogen and oxygen atoms in total. The lowest BCUT2D eigenvalue weighted by molar-refractivity contribution is 0.219. The molecule has 19 heavy (non-hydrogen) atoms. The molecular formula is C14H26N4O. The Morgan fingerprint density at radius 1 is 1.32 bits per heavy atom. The van der Waals surface area contributed by atoms with Crippen molar-refractivity contribution in [3.63, 3.8) is 0 Å². The normalized spacial score (nSPS) is 21.3. The molecule has 108 valence electrons. The molecule has 1 atom stereocenters. The quantitative estimate of drug-likeness (QED) is 0.908. The molecule has 1 heterocycles. The van der Waals surface area contributed by atoms with Gasteiger partial charge in [-0.1, -0.05) is 18.9 Å². The third-order valence-electron chi connectivity index (χ3n) is 4.39. The van der Waals surface area contributed by atoms with Crippen molar-refractivity contribution in [2.24, 2.45) is 5.41 Å². The maximum atomic E-state index is 5.74. The van der Waals surface area contributed by atoms with Crippen LogP contribution < -0.4 is 10.2 Å². The van der Waals surface area contributed by atoms with E-state index < -0.39 is 0 Å². The second kappa shape index (κ2) is 5.49. The van der Waals surface area contributed by atoms with Gasteiger partial charge in [0.15, 0.2) is 0 Å². The van der Waals surface area contributed by atoms with E-state index in [1.165, 1.54) is 25.7 Å². The van der Waals surface area contributed by atoms with Crippen molar-refractivity contribution < 1.29 is 4.42 Å². The van der Waals surface area contributed by atoms with Gasteiger partial charge in [0, 0.05) is 13.1 Å². The summed E-state index contributed by atoms with van der Waals surface area (Å²) in [6.07, 6.45) is 4.91. The van der Waals surface area contributed by atoms with Crippen LogP contribution in [0.3, 0.4) is 0 Å². The molecule has 1 unspecified atom stereocenters. The molecule has 1 aromatic rings. The Bertz CT molecular complexity index is 405. The van der Waals surface area contributed by atoms with Crippen molar-refractivity contribution in [3.8, 4) is 0 Å². The van der Waals surface area contributed by atoms with Crippen LogP contribution in [0.2, 0.25) is 0 Å². The first-order valence-electron chi connectivity index (χ1n) is 7.16. The van der Waals surface area contributed by atoms with Gasteiger partial charge in [0.2, 0.25) is 5.89 Å². The molecule has 0 amide bonds. The van der Waals surface area contributed by atoms with E-state index in [-0.39, 0.29) is 6.04 Å². The van der Waals surface area contributed by atoms with Crippen molar-refractivity contribution in [3.05, 3.63) is 5.89 Å². The Balaban J connectivity index is 2.00. The molecule has 2 rings (SSSR count). The molecule has 1 aromatic heterocycles. The van der Waals surface area contributed by atoms with Gasteiger partial charge < -0.3 is 14.6 Å². The van der Waals surface area contributed by atoms with Gasteiger partial charge in [-0.25, -0.2) is 0 Å². The fourth-order valence-electron chi connectivity index (χ4n) is 2.59. The molecule has 0 spiro atoms. The van der Waals surface area contributed by atoms with Crippen LogP contribution in [-0.2, 0) is 0 Å². The zero-order chi connectivity index (χ0) is 14.0. The van der Waals surface area contributed by atoms with E-state index in [9.17, 15) is 0 Å². The standard InChI is InChI=1S/C14H26N4O/c1-10(15-4)12-16-17-13(19-12)18(5)11-6-8-14(2,3)9-7-11/h10-11,15H,6-9H2,1-5H3. The van der Waals surface area contributed by atoms with Crippen molar-refractivity contribution in [1.29, 1.82) is 0 Å². The molecule has 0 bridgehead atoms. The minimum atomic E-state index is 0.0972. The molecule has 0 aliphatic heterocycles. The summed E-state index contributed by atoms with van der Waals surface area (Å²) in [6.45, 7) is 6.71. The molecule has 0 radical (unpaired) electrons. The molecule has 1 saturated carbocycles. The van der Waals surface area contributed by atoms with E-state index >= 15 is 0 Å². The summed E-state index contributed by atoms with van der Waals surface area (Å²) in [7, 11) is 3.95. The smallest absolute Gasteiger partial charge is 0.318 e. The van der Waals surface area contributed by atoms with Crippen LogP contribution in [-0.4, -0.2) is 30.3 Å². The van der Waals surface area contributed by atoms with E-state index in [0.29, 0.717) is 23.4 Å². The lowest BCUT2D eigenvalue weighted by Gasteiger charge is -2.37. The second-order valence-electron chi connectivity index (χ2n) is 6.44. The highest BCUT2D eigenvalue weighted by molar-refractivity contribution is 5.25. The number of aromatic nitrogens is 2. The predicted molar refractivity (Wildman–Crippen MR) is 76.2 cm³/mol. The SMILES string of the molecule is CNC(C)c1nnc(N(C)C2CCC(C)(C)CC2)o1. The van der Waals surface area contributed by atoms with Crippen molar-refractivity contribution >= 4 is 6.01 Å². The predicted octanol–water partition coefficient (Wildman–Crippen LogP) is 2.76. The van der Waals surface area contributed by atoms with Gasteiger partial charge in [-0.15, -0.1) is 5.10 Å². The van der Waals surface area contributed by atoms with Crippen LogP contribution in [0.15, 0.2) is 4.42 Å². The second-order valence-corrected chi connectivity index (χ2v) is 6.44. The highest BCUT2D eigenvalue weighted by Crippen LogP contribution is 2.37. The molecule has 1 fully saturated rings. The van der Waals surface area contributed by atoms with Gasteiger partial charge >= 0.3 is 6.01 Å². The van der Waals surface area contributed by atoms with E-state index in [1.54, 1.807) is 0 Å². The van der Waals surface area contributed by atoms with Crippen molar-refractivity contribution in [2.75, 3.05) is 19.0 Å². The zero-order valence-corrected chi connectivity index (χ0v) is 12.7. The van der Waals surface area contributed by atoms with Gasteiger partial charge in [0.1, 0.15) is 0 Å². The molecule has 1 aliphatic rings. The van der Waals surface area contributed by atoms with Crippen LogP contribution >= 0.6 is 0 Å². The zero-order valence-electron chi connectivity index (χ0n) is 12.7. The van der Waals surface area contributed by atoms with Gasteiger partial charge in [-0.05, 0) is 45.1 Å². The fraction of sp³-hybridized carbons (Fsp3) is 0.857. The number of nitrogens with one attached hydrogen (secondary N) is 1. The lowest BCUT2D eigenvalue weighted by atomic mass is 9.75. The summed E-state index contributed by atoms with van der Waals surface area (Å²) < 4.78 is 5.74. The topological polar surface area (TPSA) is 54.2 Å². The first kappa shape index (κ1) is 14.3. The molecule has 0 saturated heterocycles. The van der Waals surface area contributed by atoms with Crippen LogP contribution in [0.5, 0.6) is 0 Å². The lowest BCUT2D eigenvalue weighted by Crippen LogP contribution is -2.37. The van der Waals surface area contributed by atoms with Crippen LogP contribution in [0.1, 0.15) is 58.4 Å². The minimum absolute atomic E-state index is 0.0972. The fourth-order valence-corrected chi connectivity index (χ4v) is 2.59. The van der Waals surface area contributed by atoms with Crippen LogP contribution in [0.25, 0.3) is 0 Å². The van der Waals surface area contributed by atoms with Gasteiger partial charge in [-0.2, -0.15) is 0 Å².